The summed E-state index contributed by atoms with van der Waals surface area (Å²) in [6.07, 6.45) is 3.85. The minimum Gasteiger partial charge on any atom is -0.483 e. The van der Waals surface area contributed by atoms with Crippen molar-refractivity contribution in [1.82, 2.24) is 5.32 Å². The molecule has 110 valence electrons. The average Bonchev–Trinajstić information content (AvgIpc) is 2.89. The molecule has 0 heterocycles. The molecule has 0 aliphatic heterocycles. The lowest BCUT2D eigenvalue weighted by molar-refractivity contribution is -0.123. The van der Waals surface area contributed by atoms with Gasteiger partial charge in [-0.1, -0.05) is 34.8 Å². The predicted octanol–water partition coefficient (Wildman–Crippen LogP) is 2.94. The van der Waals surface area contributed by atoms with Crippen molar-refractivity contribution in [1.29, 1.82) is 0 Å². The zero-order valence-corrected chi connectivity index (χ0v) is 13.1. The number of hydrogen-bond donors (Lipinski definition) is 2. The van der Waals surface area contributed by atoms with Gasteiger partial charge >= 0.3 is 0 Å². The topological polar surface area (TPSA) is 58.6 Å². The minimum absolute atomic E-state index is 0.0212. The SMILES string of the molecule is C[C@@H](O)c1ccc(Br)cc1OCC(=O)NC1CCCC1. The van der Waals surface area contributed by atoms with Gasteiger partial charge in [-0.05, 0) is 31.9 Å². The summed E-state index contributed by atoms with van der Waals surface area (Å²) in [5.41, 5.74) is 0.682. The molecule has 0 aromatic heterocycles. The van der Waals surface area contributed by atoms with Crippen LogP contribution in [-0.2, 0) is 4.79 Å². The molecule has 20 heavy (non-hydrogen) atoms. The number of carbonyl (C=O) groups is 1. The van der Waals surface area contributed by atoms with E-state index in [-0.39, 0.29) is 12.5 Å². The molecule has 1 fully saturated rings. The Hall–Kier alpha value is -1.07. The Kier molecular flexibility index (Phi) is 5.43. The molecule has 1 amide bonds. The maximum Gasteiger partial charge on any atom is 0.258 e. The van der Waals surface area contributed by atoms with Gasteiger partial charge in [-0.3, -0.25) is 4.79 Å². The summed E-state index contributed by atoms with van der Waals surface area (Å²) in [5.74, 6) is 0.435. The molecule has 4 nitrogen and oxygen atoms in total. The lowest BCUT2D eigenvalue weighted by Crippen LogP contribution is -2.36. The largest absolute Gasteiger partial charge is 0.483 e. The summed E-state index contributed by atoms with van der Waals surface area (Å²) in [6, 6.07) is 5.70. The second-order valence-electron chi connectivity index (χ2n) is 5.20. The van der Waals surface area contributed by atoms with Gasteiger partial charge in [0.05, 0.1) is 6.10 Å². The van der Waals surface area contributed by atoms with E-state index >= 15 is 0 Å². The lowest BCUT2D eigenvalue weighted by atomic mass is 10.1. The summed E-state index contributed by atoms with van der Waals surface area (Å²) in [5, 5.41) is 12.7. The number of halogens is 1. The third-order valence-electron chi connectivity index (χ3n) is 3.50. The molecule has 0 spiro atoms. The molecule has 2 rings (SSSR count). The van der Waals surface area contributed by atoms with E-state index in [0.29, 0.717) is 17.4 Å². The Balaban J connectivity index is 1.92. The highest BCUT2D eigenvalue weighted by atomic mass is 79.9. The van der Waals surface area contributed by atoms with Crippen LogP contribution in [0.2, 0.25) is 0 Å². The van der Waals surface area contributed by atoms with Gasteiger partial charge in [-0.25, -0.2) is 0 Å². The van der Waals surface area contributed by atoms with Crippen LogP contribution in [0.3, 0.4) is 0 Å². The highest BCUT2D eigenvalue weighted by molar-refractivity contribution is 9.10. The van der Waals surface area contributed by atoms with Gasteiger partial charge in [-0.2, -0.15) is 0 Å². The quantitative estimate of drug-likeness (QED) is 0.865. The first-order valence-corrected chi connectivity index (χ1v) is 7.75. The fourth-order valence-corrected chi connectivity index (χ4v) is 2.80. The van der Waals surface area contributed by atoms with Gasteiger partial charge in [0.15, 0.2) is 6.61 Å². The lowest BCUT2D eigenvalue weighted by Gasteiger charge is -2.15. The van der Waals surface area contributed by atoms with Gasteiger partial charge in [0.1, 0.15) is 5.75 Å². The smallest absolute Gasteiger partial charge is 0.258 e. The normalized spacial score (nSPS) is 16.9. The standard InChI is InChI=1S/C15H20BrNO3/c1-10(18)13-7-6-11(16)8-14(13)20-9-15(19)17-12-4-2-3-5-12/h6-8,10,12,18H,2-5,9H2,1H3,(H,17,19)/t10-/m1/s1. The zero-order chi connectivity index (χ0) is 14.5. The number of benzene rings is 1. The van der Waals surface area contributed by atoms with Crippen LogP contribution >= 0.6 is 15.9 Å². The first-order valence-electron chi connectivity index (χ1n) is 6.96. The molecular formula is C15H20BrNO3. The number of ether oxygens (including phenoxy) is 1. The second-order valence-corrected chi connectivity index (χ2v) is 6.11. The van der Waals surface area contributed by atoms with Gasteiger partial charge in [0.25, 0.3) is 5.91 Å². The molecule has 1 saturated carbocycles. The molecule has 0 saturated heterocycles. The van der Waals surface area contributed by atoms with Crippen molar-refractivity contribution in [3.8, 4) is 5.75 Å². The highest BCUT2D eigenvalue weighted by Gasteiger charge is 2.18. The van der Waals surface area contributed by atoms with Crippen LogP contribution in [0.25, 0.3) is 0 Å². The fraction of sp³-hybridized carbons (Fsp3) is 0.533. The van der Waals surface area contributed by atoms with Gasteiger partial charge < -0.3 is 15.2 Å². The van der Waals surface area contributed by atoms with Gasteiger partial charge in [0.2, 0.25) is 0 Å². The molecule has 5 heteroatoms. The second kappa shape index (κ2) is 7.09. The van der Waals surface area contributed by atoms with E-state index < -0.39 is 6.10 Å². The van der Waals surface area contributed by atoms with Crippen LogP contribution in [0, 0.1) is 0 Å². The van der Waals surface area contributed by atoms with E-state index in [2.05, 4.69) is 21.2 Å². The Labute approximate surface area is 127 Å². The first kappa shape index (κ1) is 15.3. The maximum absolute atomic E-state index is 11.8. The van der Waals surface area contributed by atoms with Crippen LogP contribution in [0.1, 0.15) is 44.3 Å². The molecule has 2 N–H and O–H groups in total. The molecule has 0 bridgehead atoms. The van der Waals surface area contributed by atoms with E-state index in [4.69, 9.17) is 4.74 Å². The monoisotopic (exact) mass is 341 g/mol. The van der Waals surface area contributed by atoms with E-state index in [1.54, 1.807) is 19.1 Å². The number of aliphatic hydroxyl groups is 1. The molecule has 1 aliphatic rings. The Morgan fingerprint density at radius 1 is 1.50 bits per heavy atom. The fourth-order valence-electron chi connectivity index (χ4n) is 2.46. The van der Waals surface area contributed by atoms with Crippen LogP contribution in [-0.4, -0.2) is 23.7 Å². The van der Waals surface area contributed by atoms with Gasteiger partial charge in [0, 0.05) is 16.1 Å². The van der Waals surface area contributed by atoms with Gasteiger partial charge in [-0.15, -0.1) is 0 Å². The van der Waals surface area contributed by atoms with E-state index in [0.717, 1.165) is 17.3 Å². The summed E-state index contributed by atoms with van der Waals surface area (Å²) < 4.78 is 6.40. The van der Waals surface area contributed by atoms with Crippen LogP contribution < -0.4 is 10.1 Å². The van der Waals surface area contributed by atoms with Crippen molar-refractivity contribution >= 4 is 21.8 Å². The van der Waals surface area contributed by atoms with Crippen molar-refractivity contribution < 1.29 is 14.6 Å². The van der Waals surface area contributed by atoms with E-state index in [1.165, 1.54) is 12.8 Å². The third kappa shape index (κ3) is 4.21. The molecule has 1 aromatic rings. The van der Waals surface area contributed by atoms with Crippen LogP contribution in [0.15, 0.2) is 22.7 Å². The van der Waals surface area contributed by atoms with Crippen molar-refractivity contribution in [2.24, 2.45) is 0 Å². The number of carbonyl (C=O) groups excluding carboxylic acids is 1. The number of amides is 1. The Morgan fingerprint density at radius 2 is 2.20 bits per heavy atom. The summed E-state index contributed by atoms with van der Waals surface area (Å²) in [4.78, 5) is 11.8. The maximum atomic E-state index is 11.8. The summed E-state index contributed by atoms with van der Waals surface area (Å²) in [6.45, 7) is 1.65. The number of rotatable bonds is 5. The third-order valence-corrected chi connectivity index (χ3v) is 4.00. The average molecular weight is 342 g/mol. The number of nitrogens with one attached hydrogen (secondary N) is 1. The summed E-state index contributed by atoms with van der Waals surface area (Å²) >= 11 is 3.36. The molecule has 1 aliphatic carbocycles. The minimum atomic E-state index is -0.629. The van der Waals surface area contributed by atoms with E-state index in [1.807, 2.05) is 6.07 Å². The zero-order valence-electron chi connectivity index (χ0n) is 11.6. The number of aliphatic hydroxyl groups excluding tert-OH is 1. The molecule has 1 atom stereocenters. The highest BCUT2D eigenvalue weighted by Crippen LogP contribution is 2.28. The molecule has 1 aromatic carbocycles. The Morgan fingerprint density at radius 3 is 2.85 bits per heavy atom. The molecule has 0 unspecified atom stereocenters. The van der Waals surface area contributed by atoms with Crippen molar-refractivity contribution in [2.75, 3.05) is 6.61 Å². The van der Waals surface area contributed by atoms with Crippen molar-refractivity contribution in [2.45, 2.75) is 44.8 Å². The Bertz CT molecular complexity index is 470. The summed E-state index contributed by atoms with van der Waals surface area (Å²) in [7, 11) is 0. The predicted molar refractivity (Wildman–Crippen MR) is 80.7 cm³/mol. The van der Waals surface area contributed by atoms with Crippen LogP contribution in [0.5, 0.6) is 5.75 Å². The van der Waals surface area contributed by atoms with E-state index in [9.17, 15) is 9.90 Å². The van der Waals surface area contributed by atoms with Crippen molar-refractivity contribution in [3.05, 3.63) is 28.2 Å². The number of hydrogen-bond acceptors (Lipinski definition) is 3. The first-order chi connectivity index (χ1) is 9.56. The van der Waals surface area contributed by atoms with Crippen LogP contribution in [0.4, 0.5) is 0 Å². The van der Waals surface area contributed by atoms with Crippen molar-refractivity contribution in [3.63, 3.8) is 0 Å². The molecular weight excluding hydrogens is 322 g/mol. The molecule has 0 radical (unpaired) electrons.